The lowest BCUT2D eigenvalue weighted by atomic mass is 10.2. The van der Waals surface area contributed by atoms with E-state index < -0.39 is 5.97 Å². The molecule has 0 saturated carbocycles. The summed E-state index contributed by atoms with van der Waals surface area (Å²) < 4.78 is 9.00. The van der Waals surface area contributed by atoms with E-state index in [-0.39, 0.29) is 27.2 Å². The maximum absolute atomic E-state index is 11.9. The highest BCUT2D eigenvalue weighted by Crippen LogP contribution is 2.32. The molecule has 2 aromatic rings. The molecule has 0 radical (unpaired) electrons. The predicted octanol–water partition coefficient (Wildman–Crippen LogP) is 4.51. The van der Waals surface area contributed by atoms with Crippen LogP contribution in [0, 0.1) is 0 Å². The summed E-state index contributed by atoms with van der Waals surface area (Å²) in [6.45, 7) is -0.118. The number of carbonyl (C=O) groups excluding carboxylic acids is 1. The topological polar surface area (TPSA) is 52.1 Å². The number of aromatic nitrogens is 2. The summed E-state index contributed by atoms with van der Waals surface area (Å²) in [5, 5.41) is 4.12. The summed E-state index contributed by atoms with van der Waals surface area (Å²) in [4.78, 5) is 11.9. The third-order valence-electron chi connectivity index (χ3n) is 2.10. The van der Waals surface area contributed by atoms with Gasteiger partial charge in [-0.05, 0) is 12.1 Å². The van der Waals surface area contributed by atoms with Crippen molar-refractivity contribution >= 4 is 63.9 Å². The molecule has 100 valence electrons. The number of benzene rings is 1. The number of halogens is 4. The zero-order valence-corrected chi connectivity index (χ0v) is 12.8. The van der Waals surface area contributed by atoms with Crippen molar-refractivity contribution in [2.45, 2.75) is 6.61 Å². The Bertz CT molecular complexity index is 632. The quantitative estimate of drug-likeness (QED) is 0.599. The van der Waals surface area contributed by atoms with E-state index in [1.165, 1.54) is 12.1 Å². The Balaban J connectivity index is 2.17. The molecule has 1 aromatic carbocycles. The number of hydrogen-bond acceptors (Lipinski definition) is 5. The minimum atomic E-state index is -0.707. The van der Waals surface area contributed by atoms with Gasteiger partial charge in [-0.25, -0.2) is 4.79 Å². The SMILES string of the molecule is O=C(OCc1nnsc1Cl)c1c(Cl)ccc(Cl)c1Cl. The van der Waals surface area contributed by atoms with Gasteiger partial charge in [0, 0.05) is 11.5 Å². The number of esters is 1. The lowest BCUT2D eigenvalue weighted by Crippen LogP contribution is -2.07. The van der Waals surface area contributed by atoms with Gasteiger partial charge in [0.05, 0.1) is 20.6 Å². The van der Waals surface area contributed by atoms with Crippen molar-refractivity contribution in [2.24, 2.45) is 0 Å². The van der Waals surface area contributed by atoms with Crippen molar-refractivity contribution in [3.05, 3.63) is 42.8 Å². The van der Waals surface area contributed by atoms with Crippen molar-refractivity contribution in [1.29, 1.82) is 0 Å². The van der Waals surface area contributed by atoms with Crippen LogP contribution in [0.15, 0.2) is 12.1 Å². The Morgan fingerprint density at radius 2 is 1.89 bits per heavy atom. The van der Waals surface area contributed by atoms with Gasteiger partial charge in [0.15, 0.2) is 0 Å². The van der Waals surface area contributed by atoms with Crippen LogP contribution in [0.5, 0.6) is 0 Å². The van der Waals surface area contributed by atoms with Gasteiger partial charge in [0.25, 0.3) is 0 Å². The molecule has 1 heterocycles. The van der Waals surface area contributed by atoms with E-state index in [1.807, 2.05) is 0 Å². The molecule has 0 amide bonds. The monoisotopic (exact) mass is 356 g/mol. The van der Waals surface area contributed by atoms with Crippen LogP contribution in [-0.2, 0) is 11.3 Å². The van der Waals surface area contributed by atoms with E-state index in [4.69, 9.17) is 51.1 Å². The first-order valence-corrected chi connectivity index (χ1v) is 7.06. The summed E-state index contributed by atoms with van der Waals surface area (Å²) in [5.74, 6) is -0.707. The molecule has 0 N–H and O–H groups in total. The van der Waals surface area contributed by atoms with Gasteiger partial charge in [0.2, 0.25) is 0 Å². The molecule has 0 saturated heterocycles. The first-order valence-electron chi connectivity index (χ1n) is 4.78. The van der Waals surface area contributed by atoms with Crippen LogP contribution in [0.3, 0.4) is 0 Å². The van der Waals surface area contributed by atoms with Gasteiger partial charge >= 0.3 is 5.97 Å². The van der Waals surface area contributed by atoms with E-state index in [9.17, 15) is 4.79 Å². The first-order chi connectivity index (χ1) is 9.00. The zero-order valence-electron chi connectivity index (χ0n) is 8.99. The summed E-state index contributed by atoms with van der Waals surface area (Å²) in [6.07, 6.45) is 0. The molecule has 0 aliphatic rings. The zero-order chi connectivity index (χ0) is 14.0. The molecule has 0 aliphatic heterocycles. The number of hydrogen-bond donors (Lipinski definition) is 0. The van der Waals surface area contributed by atoms with Gasteiger partial charge in [-0.1, -0.05) is 50.9 Å². The lowest BCUT2D eigenvalue weighted by Gasteiger charge is -2.07. The van der Waals surface area contributed by atoms with Crippen molar-refractivity contribution in [3.63, 3.8) is 0 Å². The fourth-order valence-electron chi connectivity index (χ4n) is 1.20. The van der Waals surface area contributed by atoms with Gasteiger partial charge in [0.1, 0.15) is 16.6 Å². The Morgan fingerprint density at radius 3 is 2.53 bits per heavy atom. The highest BCUT2D eigenvalue weighted by molar-refractivity contribution is 7.10. The number of carbonyl (C=O) groups is 1. The molecule has 2 rings (SSSR count). The molecule has 0 unspecified atom stereocenters. The van der Waals surface area contributed by atoms with Crippen molar-refractivity contribution in [3.8, 4) is 0 Å². The van der Waals surface area contributed by atoms with Gasteiger partial charge in [-0.15, -0.1) is 5.10 Å². The van der Waals surface area contributed by atoms with Crippen LogP contribution >= 0.6 is 57.9 Å². The van der Waals surface area contributed by atoms with Crippen molar-refractivity contribution in [2.75, 3.05) is 0 Å². The second-order valence-corrected chi connectivity index (χ2v) is 5.84. The average molecular weight is 358 g/mol. The summed E-state index contributed by atoms with van der Waals surface area (Å²) in [7, 11) is 0. The average Bonchev–Trinajstić information content (AvgIpc) is 2.77. The van der Waals surface area contributed by atoms with Gasteiger partial charge < -0.3 is 4.74 Å². The second kappa shape index (κ2) is 6.24. The number of nitrogens with zero attached hydrogens (tertiary/aromatic N) is 2. The highest BCUT2D eigenvalue weighted by atomic mass is 35.5. The standard InChI is InChI=1S/C10H4Cl4N2O2S/c11-4-1-2-5(12)8(13)7(4)10(17)18-3-6-9(14)19-16-15-6/h1-2H,3H2. The van der Waals surface area contributed by atoms with Crippen LogP contribution in [0.4, 0.5) is 0 Å². The Morgan fingerprint density at radius 1 is 1.21 bits per heavy atom. The highest BCUT2D eigenvalue weighted by Gasteiger charge is 2.19. The normalized spacial score (nSPS) is 10.5. The van der Waals surface area contributed by atoms with E-state index in [2.05, 4.69) is 9.59 Å². The Hall–Kier alpha value is -0.590. The van der Waals surface area contributed by atoms with Gasteiger partial charge in [-0.2, -0.15) is 0 Å². The lowest BCUT2D eigenvalue weighted by molar-refractivity contribution is 0.0468. The van der Waals surface area contributed by atoms with Crippen LogP contribution < -0.4 is 0 Å². The van der Waals surface area contributed by atoms with Crippen molar-refractivity contribution < 1.29 is 9.53 Å². The van der Waals surface area contributed by atoms with Gasteiger partial charge in [-0.3, -0.25) is 0 Å². The van der Waals surface area contributed by atoms with Crippen LogP contribution in [0.2, 0.25) is 19.4 Å². The molecule has 0 spiro atoms. The largest absolute Gasteiger partial charge is 0.455 e. The van der Waals surface area contributed by atoms with E-state index in [0.29, 0.717) is 10.0 Å². The van der Waals surface area contributed by atoms with E-state index in [1.54, 1.807) is 0 Å². The summed E-state index contributed by atoms with van der Waals surface area (Å²) in [6, 6.07) is 2.95. The maximum Gasteiger partial charge on any atom is 0.341 e. The third-order valence-corrected chi connectivity index (χ3v) is 4.20. The molecule has 1 aromatic heterocycles. The molecule has 4 nitrogen and oxygen atoms in total. The summed E-state index contributed by atoms with van der Waals surface area (Å²) >= 11 is 24.4. The Kier molecular flexibility index (Phi) is 4.86. The van der Waals surface area contributed by atoms with Crippen LogP contribution in [0.1, 0.15) is 16.1 Å². The minimum Gasteiger partial charge on any atom is -0.455 e. The number of rotatable bonds is 3. The third kappa shape index (κ3) is 3.30. The van der Waals surface area contributed by atoms with Crippen LogP contribution in [-0.4, -0.2) is 15.6 Å². The smallest absolute Gasteiger partial charge is 0.341 e. The molecular weight excluding hydrogens is 354 g/mol. The fraction of sp³-hybridized carbons (Fsp3) is 0.100. The molecule has 0 bridgehead atoms. The van der Waals surface area contributed by atoms with E-state index in [0.717, 1.165) is 11.5 Å². The molecule has 9 heteroatoms. The van der Waals surface area contributed by atoms with E-state index >= 15 is 0 Å². The fourth-order valence-corrected chi connectivity index (χ4v) is 2.49. The second-order valence-electron chi connectivity index (χ2n) is 3.29. The molecular formula is C10H4Cl4N2O2S. The minimum absolute atomic E-state index is 0.00939. The molecule has 0 atom stereocenters. The summed E-state index contributed by atoms with van der Waals surface area (Å²) in [5.41, 5.74) is 0.379. The Labute approximate surface area is 132 Å². The molecule has 0 aliphatic carbocycles. The maximum atomic E-state index is 11.9. The van der Waals surface area contributed by atoms with Crippen LogP contribution in [0.25, 0.3) is 0 Å². The number of ether oxygens (including phenoxy) is 1. The van der Waals surface area contributed by atoms with Crippen molar-refractivity contribution in [1.82, 2.24) is 9.59 Å². The predicted molar refractivity (Wildman–Crippen MR) is 75.5 cm³/mol. The molecule has 19 heavy (non-hydrogen) atoms. The molecule has 0 fully saturated rings. The first kappa shape index (κ1) is 14.8.